The number of rotatable bonds is 8. The third kappa shape index (κ3) is 3.88. The second-order valence-electron chi connectivity index (χ2n) is 5.28. The molecule has 0 aliphatic rings. The molecular formula is C19H24N2O. The van der Waals surface area contributed by atoms with E-state index in [9.17, 15) is 4.79 Å². The highest BCUT2D eigenvalue weighted by molar-refractivity contribution is 6.13. The first kappa shape index (κ1) is 16.1. The van der Waals surface area contributed by atoms with Gasteiger partial charge in [-0.2, -0.15) is 0 Å². The molecule has 116 valence electrons. The molecule has 0 saturated heterocycles. The zero-order valence-corrected chi connectivity index (χ0v) is 13.4. The van der Waals surface area contributed by atoms with Crippen LogP contribution in [0, 0.1) is 0 Å². The van der Waals surface area contributed by atoms with Crippen molar-refractivity contribution in [1.82, 2.24) is 0 Å². The van der Waals surface area contributed by atoms with Crippen molar-refractivity contribution in [2.45, 2.75) is 26.7 Å². The summed E-state index contributed by atoms with van der Waals surface area (Å²) in [7, 11) is 0. The standard InChI is InChI=1S/C19H24N2O/c1-3-13-20-17-12-8-11-16(18(17)21-14-4-2)19(22)15-9-6-5-7-10-15/h5-12,20-21H,3-4,13-14H2,1-2H3. The van der Waals surface area contributed by atoms with E-state index in [0.29, 0.717) is 0 Å². The molecule has 2 rings (SSSR count). The first-order chi connectivity index (χ1) is 10.8. The van der Waals surface area contributed by atoms with Gasteiger partial charge in [-0.25, -0.2) is 0 Å². The van der Waals surface area contributed by atoms with Gasteiger partial charge in [0, 0.05) is 24.2 Å². The minimum absolute atomic E-state index is 0.0550. The fraction of sp³-hybridized carbons (Fsp3) is 0.316. The Labute approximate surface area is 132 Å². The van der Waals surface area contributed by atoms with Gasteiger partial charge in [-0.15, -0.1) is 0 Å². The number of nitrogens with one attached hydrogen (secondary N) is 2. The van der Waals surface area contributed by atoms with Crippen molar-refractivity contribution in [3.63, 3.8) is 0 Å². The Morgan fingerprint density at radius 1 is 0.864 bits per heavy atom. The number of hydrogen-bond acceptors (Lipinski definition) is 3. The molecule has 0 aromatic heterocycles. The van der Waals surface area contributed by atoms with Crippen molar-refractivity contribution in [3.05, 3.63) is 59.7 Å². The zero-order valence-electron chi connectivity index (χ0n) is 13.4. The van der Waals surface area contributed by atoms with E-state index in [2.05, 4.69) is 24.5 Å². The van der Waals surface area contributed by atoms with E-state index in [4.69, 9.17) is 0 Å². The molecule has 3 heteroatoms. The van der Waals surface area contributed by atoms with Crippen molar-refractivity contribution in [3.8, 4) is 0 Å². The quantitative estimate of drug-likeness (QED) is 0.702. The molecule has 0 saturated carbocycles. The van der Waals surface area contributed by atoms with Crippen LogP contribution in [0.1, 0.15) is 42.6 Å². The fourth-order valence-electron chi connectivity index (χ4n) is 2.33. The van der Waals surface area contributed by atoms with E-state index in [1.165, 1.54) is 0 Å². The highest BCUT2D eigenvalue weighted by Gasteiger charge is 2.16. The summed E-state index contributed by atoms with van der Waals surface area (Å²) < 4.78 is 0. The van der Waals surface area contributed by atoms with E-state index in [0.717, 1.165) is 48.4 Å². The first-order valence-electron chi connectivity index (χ1n) is 7.98. The van der Waals surface area contributed by atoms with Gasteiger partial charge in [0.1, 0.15) is 0 Å². The molecule has 2 aromatic carbocycles. The summed E-state index contributed by atoms with van der Waals surface area (Å²) in [5, 5.41) is 6.81. The maximum Gasteiger partial charge on any atom is 0.195 e. The average molecular weight is 296 g/mol. The molecule has 3 nitrogen and oxygen atoms in total. The molecule has 0 spiro atoms. The minimum atomic E-state index is 0.0550. The molecule has 0 fully saturated rings. The van der Waals surface area contributed by atoms with Gasteiger partial charge >= 0.3 is 0 Å². The molecule has 0 atom stereocenters. The van der Waals surface area contributed by atoms with Gasteiger partial charge in [-0.05, 0) is 25.0 Å². The van der Waals surface area contributed by atoms with Crippen LogP contribution in [-0.4, -0.2) is 18.9 Å². The van der Waals surface area contributed by atoms with Crippen LogP contribution in [-0.2, 0) is 0 Å². The molecule has 0 unspecified atom stereocenters. The van der Waals surface area contributed by atoms with Crippen molar-refractivity contribution in [1.29, 1.82) is 0 Å². The number of hydrogen-bond donors (Lipinski definition) is 2. The fourth-order valence-corrected chi connectivity index (χ4v) is 2.33. The summed E-state index contributed by atoms with van der Waals surface area (Å²) in [4.78, 5) is 12.8. The van der Waals surface area contributed by atoms with Crippen LogP contribution in [0.15, 0.2) is 48.5 Å². The van der Waals surface area contributed by atoms with E-state index in [-0.39, 0.29) is 5.78 Å². The number of carbonyl (C=O) groups excluding carboxylic acids is 1. The average Bonchev–Trinajstić information content (AvgIpc) is 2.58. The van der Waals surface area contributed by atoms with Crippen molar-refractivity contribution in [2.24, 2.45) is 0 Å². The summed E-state index contributed by atoms with van der Waals surface area (Å²) in [6, 6.07) is 15.3. The van der Waals surface area contributed by atoms with Crippen LogP contribution in [0.25, 0.3) is 0 Å². The number of para-hydroxylation sites is 1. The van der Waals surface area contributed by atoms with Crippen molar-refractivity contribution < 1.29 is 4.79 Å². The van der Waals surface area contributed by atoms with Crippen LogP contribution < -0.4 is 10.6 Å². The summed E-state index contributed by atoms with van der Waals surface area (Å²) in [5.41, 5.74) is 3.35. The molecule has 2 aromatic rings. The summed E-state index contributed by atoms with van der Waals surface area (Å²) >= 11 is 0. The lowest BCUT2D eigenvalue weighted by Crippen LogP contribution is -2.12. The zero-order chi connectivity index (χ0) is 15.8. The maximum absolute atomic E-state index is 12.8. The topological polar surface area (TPSA) is 41.1 Å². The molecule has 0 aliphatic heterocycles. The lowest BCUT2D eigenvalue weighted by Gasteiger charge is -2.17. The summed E-state index contributed by atoms with van der Waals surface area (Å²) in [5.74, 6) is 0.0550. The Hall–Kier alpha value is -2.29. The predicted molar refractivity (Wildman–Crippen MR) is 93.9 cm³/mol. The van der Waals surface area contributed by atoms with Gasteiger partial charge in [0.2, 0.25) is 0 Å². The van der Waals surface area contributed by atoms with E-state index in [1.807, 2.05) is 48.5 Å². The Morgan fingerprint density at radius 2 is 1.55 bits per heavy atom. The van der Waals surface area contributed by atoms with E-state index in [1.54, 1.807) is 0 Å². The van der Waals surface area contributed by atoms with Gasteiger partial charge in [0.05, 0.1) is 11.4 Å². The molecule has 0 aliphatic carbocycles. The summed E-state index contributed by atoms with van der Waals surface area (Å²) in [6.07, 6.45) is 2.06. The van der Waals surface area contributed by atoms with E-state index >= 15 is 0 Å². The second kappa shape index (κ2) is 8.23. The Balaban J connectivity index is 2.38. The number of ketones is 1. The van der Waals surface area contributed by atoms with Gasteiger partial charge < -0.3 is 10.6 Å². The summed E-state index contributed by atoms with van der Waals surface area (Å²) in [6.45, 7) is 5.99. The van der Waals surface area contributed by atoms with Crippen LogP contribution in [0.5, 0.6) is 0 Å². The Morgan fingerprint density at radius 3 is 2.23 bits per heavy atom. The number of benzene rings is 2. The monoisotopic (exact) mass is 296 g/mol. The normalized spacial score (nSPS) is 10.3. The van der Waals surface area contributed by atoms with Crippen molar-refractivity contribution in [2.75, 3.05) is 23.7 Å². The van der Waals surface area contributed by atoms with Gasteiger partial charge in [0.25, 0.3) is 0 Å². The lowest BCUT2D eigenvalue weighted by molar-refractivity contribution is 0.103. The van der Waals surface area contributed by atoms with Crippen LogP contribution in [0.2, 0.25) is 0 Å². The predicted octanol–water partition coefficient (Wildman–Crippen LogP) is 4.56. The van der Waals surface area contributed by atoms with Crippen LogP contribution in [0.4, 0.5) is 11.4 Å². The SMILES string of the molecule is CCCNc1cccc(C(=O)c2ccccc2)c1NCCC. The van der Waals surface area contributed by atoms with Gasteiger partial charge in [-0.3, -0.25) is 4.79 Å². The first-order valence-corrected chi connectivity index (χ1v) is 7.98. The molecule has 0 bridgehead atoms. The minimum Gasteiger partial charge on any atom is -0.383 e. The third-order valence-corrected chi connectivity index (χ3v) is 3.46. The highest BCUT2D eigenvalue weighted by atomic mass is 16.1. The number of carbonyl (C=O) groups is 1. The molecule has 22 heavy (non-hydrogen) atoms. The smallest absolute Gasteiger partial charge is 0.195 e. The number of anilines is 2. The maximum atomic E-state index is 12.8. The van der Waals surface area contributed by atoms with Crippen LogP contribution in [0.3, 0.4) is 0 Å². The lowest BCUT2D eigenvalue weighted by atomic mass is 10.0. The molecule has 0 amide bonds. The largest absolute Gasteiger partial charge is 0.383 e. The van der Waals surface area contributed by atoms with Crippen molar-refractivity contribution >= 4 is 17.2 Å². The Kier molecular flexibility index (Phi) is 6.01. The molecule has 0 radical (unpaired) electrons. The highest BCUT2D eigenvalue weighted by Crippen LogP contribution is 2.28. The molecule has 0 heterocycles. The van der Waals surface area contributed by atoms with Crippen LogP contribution >= 0.6 is 0 Å². The van der Waals surface area contributed by atoms with Gasteiger partial charge in [0.15, 0.2) is 5.78 Å². The van der Waals surface area contributed by atoms with Gasteiger partial charge in [-0.1, -0.05) is 50.2 Å². The second-order valence-corrected chi connectivity index (χ2v) is 5.28. The van der Waals surface area contributed by atoms with E-state index < -0.39 is 0 Å². The third-order valence-electron chi connectivity index (χ3n) is 3.46. The Bertz CT molecular complexity index is 608. The molecular weight excluding hydrogens is 272 g/mol. The molecule has 2 N–H and O–H groups in total.